The van der Waals surface area contributed by atoms with Gasteiger partial charge < -0.3 is 10.7 Å². The highest BCUT2D eigenvalue weighted by atomic mass is 32.2. The van der Waals surface area contributed by atoms with Gasteiger partial charge in [0, 0.05) is 29.6 Å². The second-order valence-electron chi connectivity index (χ2n) is 7.47. The highest BCUT2D eigenvalue weighted by Crippen LogP contribution is 2.32. The molecule has 7 nitrogen and oxygen atoms in total. The van der Waals surface area contributed by atoms with Crippen molar-refractivity contribution in [2.45, 2.75) is 25.9 Å². The van der Waals surface area contributed by atoms with Crippen LogP contribution in [0.15, 0.2) is 59.8 Å². The van der Waals surface area contributed by atoms with Gasteiger partial charge in [0.2, 0.25) is 11.1 Å². The number of hydrogen-bond acceptors (Lipinski definition) is 6. The minimum absolute atomic E-state index is 0.0561. The number of aromatic nitrogens is 4. The van der Waals surface area contributed by atoms with Gasteiger partial charge in [-0.15, -0.1) is 10.2 Å². The van der Waals surface area contributed by atoms with E-state index >= 15 is 0 Å². The molecule has 8 heteroatoms. The minimum Gasteiger partial charge on any atom is -0.343 e. The van der Waals surface area contributed by atoms with Crippen molar-refractivity contribution in [2.75, 3.05) is 24.7 Å². The topological polar surface area (TPSA) is 89.9 Å². The lowest BCUT2D eigenvalue weighted by molar-refractivity contribution is -0.127. The molecular weight excluding hydrogens is 420 g/mol. The molecule has 0 atom stereocenters. The van der Waals surface area contributed by atoms with Gasteiger partial charge in [-0.05, 0) is 32.9 Å². The second-order valence-corrected chi connectivity index (χ2v) is 8.41. The van der Waals surface area contributed by atoms with E-state index in [1.54, 1.807) is 4.90 Å². The van der Waals surface area contributed by atoms with Crippen LogP contribution in [-0.4, -0.2) is 49.5 Å². The van der Waals surface area contributed by atoms with E-state index in [2.05, 4.69) is 41.4 Å². The van der Waals surface area contributed by atoms with Crippen molar-refractivity contribution in [3.63, 3.8) is 0 Å². The number of rotatable bonds is 7. The summed E-state index contributed by atoms with van der Waals surface area (Å²) in [6, 6.07) is 18.2. The van der Waals surface area contributed by atoms with Gasteiger partial charge in [0.1, 0.15) is 0 Å². The molecule has 0 fully saturated rings. The number of amides is 1. The van der Waals surface area contributed by atoms with E-state index < -0.39 is 0 Å². The van der Waals surface area contributed by atoms with Gasteiger partial charge in [-0.1, -0.05) is 59.8 Å². The van der Waals surface area contributed by atoms with Crippen LogP contribution < -0.4 is 5.84 Å². The number of nitrogens with two attached hydrogens (primary N) is 1. The average Bonchev–Trinajstić information content (AvgIpc) is 3.18. The summed E-state index contributed by atoms with van der Waals surface area (Å²) in [6.45, 7) is 7.36. The number of aryl methyl sites for hydroxylation is 1. The number of thioether (sulfide) groups is 1. The first-order valence-electron chi connectivity index (χ1n) is 10.6. The molecule has 164 valence electrons. The fourth-order valence-corrected chi connectivity index (χ4v) is 4.34. The summed E-state index contributed by atoms with van der Waals surface area (Å²) < 4.78 is 1.46. The largest absolute Gasteiger partial charge is 0.343 e. The number of hydrogen-bond donors (Lipinski definition) is 1. The Kier molecular flexibility index (Phi) is 6.41. The molecule has 2 aromatic heterocycles. The van der Waals surface area contributed by atoms with Gasteiger partial charge in [0.25, 0.3) is 0 Å². The Morgan fingerprint density at radius 1 is 1.06 bits per heavy atom. The Bertz CT molecular complexity index is 1250. The molecule has 0 aliphatic heterocycles. The zero-order chi connectivity index (χ0) is 22.7. The maximum atomic E-state index is 12.4. The first kappa shape index (κ1) is 21.8. The molecule has 1 amide bonds. The standard InChI is InChI=1S/C24H26N6OS/c1-4-29(5-2)22(31)15-32-24-28-27-23(30(24)25)19-14-21(17-12-10-16(3)11-13-17)26-20-9-7-6-8-18(19)20/h6-14H,4-5,15,25H2,1-3H3. The lowest BCUT2D eigenvalue weighted by atomic mass is 10.0. The van der Waals surface area contributed by atoms with E-state index in [9.17, 15) is 4.79 Å². The lowest BCUT2D eigenvalue weighted by Gasteiger charge is -2.17. The van der Waals surface area contributed by atoms with Crippen LogP contribution in [-0.2, 0) is 4.79 Å². The van der Waals surface area contributed by atoms with E-state index in [0.717, 1.165) is 27.7 Å². The summed E-state index contributed by atoms with van der Waals surface area (Å²) in [5.41, 5.74) is 4.76. The van der Waals surface area contributed by atoms with Crippen molar-refractivity contribution in [3.05, 3.63) is 60.2 Å². The van der Waals surface area contributed by atoms with Gasteiger partial charge in [0.15, 0.2) is 5.82 Å². The van der Waals surface area contributed by atoms with Crippen molar-refractivity contribution in [3.8, 4) is 22.6 Å². The maximum Gasteiger partial charge on any atom is 0.233 e. The predicted octanol–water partition coefficient (Wildman–Crippen LogP) is 4.14. The number of para-hydroxylation sites is 1. The zero-order valence-corrected chi connectivity index (χ0v) is 19.3. The van der Waals surface area contributed by atoms with E-state index in [1.165, 1.54) is 22.0 Å². The zero-order valence-electron chi connectivity index (χ0n) is 18.4. The molecule has 32 heavy (non-hydrogen) atoms. The number of fused-ring (bicyclic) bond motifs is 1. The van der Waals surface area contributed by atoms with Crippen LogP contribution in [0.2, 0.25) is 0 Å². The van der Waals surface area contributed by atoms with Gasteiger partial charge in [0.05, 0.1) is 17.0 Å². The van der Waals surface area contributed by atoms with Crippen LogP contribution in [0.3, 0.4) is 0 Å². The van der Waals surface area contributed by atoms with Gasteiger partial charge in [-0.25, -0.2) is 9.66 Å². The van der Waals surface area contributed by atoms with Crippen molar-refractivity contribution in [1.82, 2.24) is 24.8 Å². The number of carbonyl (C=O) groups excluding carboxylic acids is 1. The van der Waals surface area contributed by atoms with Gasteiger partial charge in [-0.2, -0.15) is 0 Å². The Hall–Kier alpha value is -3.39. The van der Waals surface area contributed by atoms with Gasteiger partial charge in [-0.3, -0.25) is 4.79 Å². The van der Waals surface area contributed by atoms with E-state index in [-0.39, 0.29) is 11.7 Å². The quantitative estimate of drug-likeness (QED) is 0.339. The summed E-state index contributed by atoms with van der Waals surface area (Å²) in [5.74, 6) is 7.25. The summed E-state index contributed by atoms with van der Waals surface area (Å²) in [4.78, 5) is 19.0. The Morgan fingerprint density at radius 2 is 1.78 bits per heavy atom. The molecule has 0 radical (unpaired) electrons. The molecule has 0 saturated carbocycles. The van der Waals surface area contributed by atoms with Crippen LogP contribution >= 0.6 is 11.8 Å². The van der Waals surface area contributed by atoms with Crippen molar-refractivity contribution >= 4 is 28.6 Å². The molecular formula is C24H26N6OS. The normalized spacial score (nSPS) is 11.1. The van der Waals surface area contributed by atoms with Crippen LogP contribution in [0.1, 0.15) is 19.4 Å². The number of nitrogens with zero attached hydrogens (tertiary/aromatic N) is 5. The van der Waals surface area contributed by atoms with Crippen LogP contribution in [0.5, 0.6) is 0 Å². The second kappa shape index (κ2) is 9.40. The van der Waals surface area contributed by atoms with Crippen molar-refractivity contribution in [1.29, 1.82) is 0 Å². The van der Waals surface area contributed by atoms with Crippen LogP contribution in [0.4, 0.5) is 0 Å². The van der Waals surface area contributed by atoms with Crippen LogP contribution in [0.25, 0.3) is 33.5 Å². The third kappa shape index (κ3) is 4.31. The smallest absolute Gasteiger partial charge is 0.233 e. The number of benzene rings is 2. The Balaban J connectivity index is 1.72. The van der Waals surface area contributed by atoms with Crippen molar-refractivity contribution < 1.29 is 4.79 Å². The molecule has 0 aliphatic carbocycles. The minimum atomic E-state index is 0.0561. The molecule has 0 spiro atoms. The molecule has 4 aromatic rings. The molecule has 0 saturated heterocycles. The summed E-state index contributed by atoms with van der Waals surface area (Å²) in [5, 5.41) is 10.1. The highest BCUT2D eigenvalue weighted by molar-refractivity contribution is 7.99. The van der Waals surface area contributed by atoms with Gasteiger partial charge >= 0.3 is 0 Å². The molecule has 2 N–H and O–H groups in total. The first-order chi connectivity index (χ1) is 15.5. The lowest BCUT2D eigenvalue weighted by Crippen LogP contribution is -2.32. The molecule has 0 unspecified atom stereocenters. The summed E-state index contributed by atoms with van der Waals surface area (Å²) in [6.07, 6.45) is 0. The van der Waals surface area contributed by atoms with E-state index in [4.69, 9.17) is 10.8 Å². The summed E-state index contributed by atoms with van der Waals surface area (Å²) >= 11 is 1.29. The number of carbonyl (C=O) groups is 1. The highest BCUT2D eigenvalue weighted by Gasteiger charge is 2.18. The maximum absolute atomic E-state index is 12.4. The molecule has 0 aliphatic rings. The van der Waals surface area contributed by atoms with Crippen LogP contribution in [0, 0.1) is 6.92 Å². The first-order valence-corrected chi connectivity index (χ1v) is 11.6. The fraction of sp³-hybridized carbons (Fsp3) is 0.250. The third-order valence-electron chi connectivity index (χ3n) is 5.41. The fourth-order valence-electron chi connectivity index (χ4n) is 3.59. The van der Waals surface area contributed by atoms with E-state index in [1.807, 2.05) is 44.2 Å². The predicted molar refractivity (Wildman–Crippen MR) is 130 cm³/mol. The Morgan fingerprint density at radius 3 is 2.50 bits per heavy atom. The molecule has 0 bridgehead atoms. The van der Waals surface area contributed by atoms with E-state index in [0.29, 0.717) is 24.1 Å². The molecule has 4 rings (SSSR count). The number of pyridine rings is 1. The summed E-state index contributed by atoms with van der Waals surface area (Å²) in [7, 11) is 0. The van der Waals surface area contributed by atoms with Crippen molar-refractivity contribution in [2.24, 2.45) is 0 Å². The monoisotopic (exact) mass is 446 g/mol. The SMILES string of the molecule is CCN(CC)C(=O)CSc1nnc(-c2cc(-c3ccc(C)cc3)nc3ccccc23)n1N. The Labute approximate surface area is 191 Å². The number of nitrogen functional groups attached to an aromatic ring is 1. The average molecular weight is 447 g/mol. The molecule has 2 heterocycles. The molecule has 2 aromatic carbocycles. The third-order valence-corrected chi connectivity index (χ3v) is 6.34.